The van der Waals surface area contributed by atoms with Crippen molar-refractivity contribution in [3.8, 4) is 6.07 Å². The van der Waals surface area contributed by atoms with E-state index in [2.05, 4.69) is 4.72 Å². The van der Waals surface area contributed by atoms with Crippen molar-refractivity contribution in [1.82, 2.24) is 4.72 Å². The fourth-order valence-electron chi connectivity index (χ4n) is 3.08. The third kappa shape index (κ3) is 4.73. The van der Waals surface area contributed by atoms with Gasteiger partial charge in [-0.05, 0) is 55.0 Å². The highest BCUT2D eigenvalue weighted by molar-refractivity contribution is 7.89. The third-order valence-corrected chi connectivity index (χ3v) is 5.96. The van der Waals surface area contributed by atoms with E-state index in [1.54, 1.807) is 36.4 Å². The molecule has 0 fully saturated rings. The van der Waals surface area contributed by atoms with E-state index in [-0.39, 0.29) is 11.5 Å². The number of rotatable bonds is 6. The number of aryl methyl sites for hydroxylation is 2. The van der Waals surface area contributed by atoms with Gasteiger partial charge in [-0.25, -0.2) is 8.42 Å². The van der Waals surface area contributed by atoms with E-state index in [0.717, 1.165) is 31.2 Å². The highest BCUT2D eigenvalue weighted by atomic mass is 32.2. The van der Waals surface area contributed by atoms with Crippen molar-refractivity contribution in [2.45, 2.75) is 37.2 Å². The van der Waals surface area contributed by atoms with Crippen LogP contribution < -0.4 is 4.72 Å². The molecule has 2 aromatic carbocycles. The van der Waals surface area contributed by atoms with Crippen LogP contribution in [-0.2, 0) is 39.0 Å². The molecule has 0 aromatic heterocycles. The normalized spacial score (nSPS) is 13.4. The molecule has 0 saturated heterocycles. The lowest BCUT2D eigenvalue weighted by Gasteiger charge is -2.16. The van der Waals surface area contributed by atoms with E-state index in [1.807, 2.05) is 12.1 Å². The Hall–Kier alpha value is -2.69. The molecule has 0 bridgehead atoms. The van der Waals surface area contributed by atoms with Crippen LogP contribution in [-0.4, -0.2) is 20.9 Å². The van der Waals surface area contributed by atoms with Gasteiger partial charge in [0.25, 0.3) is 0 Å². The Labute approximate surface area is 158 Å². The minimum Gasteiger partial charge on any atom is -0.460 e. The molecule has 3 rings (SSSR count). The number of fused-ring (bicyclic) bond motifs is 1. The first-order valence-corrected chi connectivity index (χ1v) is 10.2. The van der Waals surface area contributed by atoms with Crippen LogP contribution in [0.1, 0.15) is 35.1 Å². The van der Waals surface area contributed by atoms with Crippen molar-refractivity contribution in [2.75, 3.05) is 6.54 Å². The van der Waals surface area contributed by atoms with Gasteiger partial charge in [0, 0.05) is 5.56 Å². The number of nitrogens with zero attached hydrogens (tertiary/aromatic N) is 1. The molecule has 1 N–H and O–H groups in total. The number of carbonyl (C=O) groups excluding carboxylic acids is 1. The molecule has 0 atom stereocenters. The summed E-state index contributed by atoms with van der Waals surface area (Å²) in [5.74, 6) is -0.704. The Morgan fingerprint density at radius 1 is 1.11 bits per heavy atom. The molecule has 27 heavy (non-hydrogen) atoms. The largest absolute Gasteiger partial charge is 0.460 e. The topological polar surface area (TPSA) is 96.3 Å². The van der Waals surface area contributed by atoms with Crippen LogP contribution in [0.3, 0.4) is 0 Å². The summed E-state index contributed by atoms with van der Waals surface area (Å²) in [5, 5.41) is 9.02. The van der Waals surface area contributed by atoms with E-state index in [9.17, 15) is 13.2 Å². The lowest BCUT2D eigenvalue weighted by atomic mass is 9.92. The first-order chi connectivity index (χ1) is 13.0. The van der Waals surface area contributed by atoms with E-state index in [1.165, 1.54) is 5.56 Å². The minimum absolute atomic E-state index is 0.0802. The number of esters is 1. The maximum Gasteiger partial charge on any atom is 0.321 e. The number of nitrogens with one attached hydrogen (secondary N) is 1. The number of ether oxygens (including phenoxy) is 1. The van der Waals surface area contributed by atoms with E-state index in [4.69, 9.17) is 10.00 Å². The van der Waals surface area contributed by atoms with Gasteiger partial charge in [-0.2, -0.15) is 9.98 Å². The minimum atomic E-state index is -3.79. The van der Waals surface area contributed by atoms with Gasteiger partial charge in [0.1, 0.15) is 13.2 Å². The number of sulfonamides is 1. The van der Waals surface area contributed by atoms with Crippen LogP contribution in [0.25, 0.3) is 0 Å². The van der Waals surface area contributed by atoms with Crippen molar-refractivity contribution < 1.29 is 17.9 Å². The molecule has 1 aliphatic carbocycles. The highest BCUT2D eigenvalue weighted by Gasteiger charge is 2.19. The molecule has 0 aliphatic heterocycles. The molecule has 7 heteroatoms. The average Bonchev–Trinajstić information content (AvgIpc) is 2.70. The van der Waals surface area contributed by atoms with Gasteiger partial charge in [-0.1, -0.05) is 24.3 Å². The van der Waals surface area contributed by atoms with Crippen molar-refractivity contribution in [3.63, 3.8) is 0 Å². The Morgan fingerprint density at radius 3 is 2.63 bits per heavy atom. The second-order valence-electron chi connectivity index (χ2n) is 6.39. The summed E-state index contributed by atoms with van der Waals surface area (Å²) in [4.78, 5) is 12.1. The van der Waals surface area contributed by atoms with Crippen molar-refractivity contribution in [1.29, 1.82) is 5.26 Å². The van der Waals surface area contributed by atoms with Gasteiger partial charge < -0.3 is 4.74 Å². The molecule has 0 saturated carbocycles. The first-order valence-electron chi connectivity index (χ1n) is 8.75. The molecule has 140 valence electrons. The Kier molecular flexibility index (Phi) is 5.89. The summed E-state index contributed by atoms with van der Waals surface area (Å²) in [5.41, 5.74) is 3.24. The summed E-state index contributed by atoms with van der Waals surface area (Å²) in [6.45, 7) is -0.544. The van der Waals surface area contributed by atoms with Crippen LogP contribution in [0.2, 0.25) is 0 Å². The van der Waals surface area contributed by atoms with Crippen LogP contribution in [0.4, 0.5) is 0 Å². The van der Waals surface area contributed by atoms with E-state index < -0.39 is 22.5 Å². The second kappa shape index (κ2) is 8.33. The SMILES string of the molecule is N#Cc1ccccc1COC(=O)CNS(=O)(=O)c1ccc2c(c1)CCCC2. The molecule has 2 aromatic rings. The molecule has 6 nitrogen and oxygen atoms in total. The van der Waals surface area contributed by atoms with Gasteiger partial charge >= 0.3 is 5.97 Å². The van der Waals surface area contributed by atoms with Gasteiger partial charge in [0.15, 0.2) is 0 Å². The molecule has 0 amide bonds. The van der Waals surface area contributed by atoms with E-state index >= 15 is 0 Å². The zero-order valence-corrected chi connectivity index (χ0v) is 15.6. The number of nitriles is 1. The molecule has 0 spiro atoms. The number of benzene rings is 2. The maximum absolute atomic E-state index is 12.4. The monoisotopic (exact) mass is 384 g/mol. The predicted molar refractivity (Wildman–Crippen MR) is 99.2 cm³/mol. The summed E-state index contributed by atoms with van der Waals surface area (Å²) < 4.78 is 32.2. The number of hydrogen-bond donors (Lipinski definition) is 1. The van der Waals surface area contributed by atoms with Crippen molar-refractivity contribution in [3.05, 3.63) is 64.7 Å². The third-order valence-electron chi connectivity index (χ3n) is 4.56. The highest BCUT2D eigenvalue weighted by Crippen LogP contribution is 2.24. The zero-order valence-electron chi connectivity index (χ0n) is 14.8. The van der Waals surface area contributed by atoms with Crippen molar-refractivity contribution in [2.24, 2.45) is 0 Å². The second-order valence-corrected chi connectivity index (χ2v) is 8.16. The molecule has 1 aliphatic rings. The summed E-state index contributed by atoms with van der Waals surface area (Å²) in [7, 11) is -3.79. The van der Waals surface area contributed by atoms with Gasteiger partial charge in [-0.3, -0.25) is 4.79 Å². The van der Waals surface area contributed by atoms with Crippen LogP contribution in [0.15, 0.2) is 47.4 Å². The maximum atomic E-state index is 12.4. The summed E-state index contributed by atoms with van der Waals surface area (Å²) in [6.07, 6.45) is 4.02. The predicted octanol–water partition coefficient (Wildman–Crippen LogP) is 2.46. The van der Waals surface area contributed by atoms with Crippen LogP contribution in [0, 0.1) is 11.3 Å². The standard InChI is InChI=1S/C20H20N2O4S/c21-12-17-7-3-4-8-18(17)14-26-20(23)13-22-27(24,25)19-10-9-15-5-1-2-6-16(15)11-19/h3-4,7-11,22H,1-2,5-6,13-14H2. The smallest absolute Gasteiger partial charge is 0.321 e. The average molecular weight is 384 g/mol. The van der Waals surface area contributed by atoms with E-state index in [0.29, 0.717) is 11.1 Å². The van der Waals surface area contributed by atoms with Crippen molar-refractivity contribution >= 4 is 16.0 Å². The fourth-order valence-corrected chi connectivity index (χ4v) is 4.10. The molecule has 0 radical (unpaired) electrons. The summed E-state index contributed by atoms with van der Waals surface area (Å²) in [6, 6.07) is 13.9. The van der Waals surface area contributed by atoms with Gasteiger partial charge in [0.2, 0.25) is 10.0 Å². The Balaban J connectivity index is 1.58. The quantitative estimate of drug-likeness (QED) is 0.772. The van der Waals surface area contributed by atoms with Crippen LogP contribution >= 0.6 is 0 Å². The lowest BCUT2D eigenvalue weighted by Crippen LogP contribution is -2.30. The first kappa shape index (κ1) is 19.1. The summed E-state index contributed by atoms with van der Waals surface area (Å²) >= 11 is 0. The molecular weight excluding hydrogens is 364 g/mol. The molecule has 0 unspecified atom stereocenters. The van der Waals surface area contributed by atoms with Gasteiger partial charge in [0.05, 0.1) is 16.5 Å². The Morgan fingerprint density at radius 2 is 1.85 bits per heavy atom. The number of carbonyl (C=O) groups is 1. The molecule has 0 heterocycles. The van der Waals surface area contributed by atoms with Crippen LogP contribution in [0.5, 0.6) is 0 Å². The Bertz CT molecular complexity index is 993. The van der Waals surface area contributed by atoms with Gasteiger partial charge in [-0.15, -0.1) is 0 Å². The fraction of sp³-hybridized carbons (Fsp3) is 0.300. The number of hydrogen-bond acceptors (Lipinski definition) is 5. The zero-order chi connectivity index (χ0) is 19.3. The molecular formula is C20H20N2O4S. The lowest BCUT2D eigenvalue weighted by molar-refractivity contribution is -0.143.